The fraction of sp³-hybridized carbons (Fsp3) is 0.462. The van der Waals surface area contributed by atoms with Crippen molar-refractivity contribution in [2.45, 2.75) is 19.9 Å². The maximum Gasteiger partial charge on any atom is 0.191 e. The number of methoxy groups -OCH3 is 1. The van der Waals surface area contributed by atoms with E-state index in [1.165, 1.54) is 5.56 Å². The monoisotopic (exact) mass is 361 g/mol. The molecule has 0 amide bonds. The second-order valence-corrected chi connectivity index (χ2v) is 4.18. The topological polar surface area (TPSA) is 45.6 Å². The largest absolute Gasteiger partial charge is 0.496 e. The van der Waals surface area contributed by atoms with E-state index in [-0.39, 0.29) is 24.0 Å². The zero-order valence-electron chi connectivity index (χ0n) is 10.8. The Labute approximate surface area is 125 Å². The molecular formula is C13H20IN3O. The average Bonchev–Trinajstić information content (AvgIpc) is 2.38. The summed E-state index contributed by atoms with van der Waals surface area (Å²) in [7, 11) is 1.70. The van der Waals surface area contributed by atoms with Gasteiger partial charge >= 0.3 is 0 Å². The number of ether oxygens (including phenoxy) is 1. The van der Waals surface area contributed by atoms with Gasteiger partial charge in [0, 0.05) is 25.2 Å². The van der Waals surface area contributed by atoms with Crippen LogP contribution in [0.1, 0.15) is 17.5 Å². The first-order valence-electron chi connectivity index (χ1n) is 5.95. The first kappa shape index (κ1) is 15.1. The highest BCUT2D eigenvalue weighted by molar-refractivity contribution is 14.0. The Balaban J connectivity index is 0.00000162. The lowest BCUT2D eigenvalue weighted by molar-refractivity contribution is 0.408. The number of hydrogen-bond donors (Lipinski definition) is 2. The van der Waals surface area contributed by atoms with E-state index in [9.17, 15) is 0 Å². The van der Waals surface area contributed by atoms with Crippen LogP contribution in [0.4, 0.5) is 0 Å². The molecule has 1 aromatic rings. The van der Waals surface area contributed by atoms with E-state index in [1.54, 1.807) is 7.11 Å². The van der Waals surface area contributed by atoms with Gasteiger partial charge in [-0.3, -0.25) is 4.99 Å². The lowest BCUT2D eigenvalue weighted by Crippen LogP contribution is -2.40. The predicted octanol–water partition coefficient (Wildman–Crippen LogP) is 2.06. The van der Waals surface area contributed by atoms with Gasteiger partial charge < -0.3 is 15.4 Å². The van der Waals surface area contributed by atoms with Crippen LogP contribution in [0.25, 0.3) is 0 Å². The van der Waals surface area contributed by atoms with Crippen LogP contribution in [0, 0.1) is 6.92 Å². The van der Waals surface area contributed by atoms with E-state index >= 15 is 0 Å². The molecule has 1 aromatic carbocycles. The Morgan fingerprint density at radius 1 is 1.44 bits per heavy atom. The molecule has 1 aliphatic heterocycles. The first-order valence-corrected chi connectivity index (χ1v) is 5.95. The van der Waals surface area contributed by atoms with Crippen molar-refractivity contribution in [3.05, 3.63) is 29.3 Å². The lowest BCUT2D eigenvalue weighted by Gasteiger charge is -2.17. The summed E-state index contributed by atoms with van der Waals surface area (Å²) in [6.07, 6.45) is 1.11. The van der Waals surface area contributed by atoms with Gasteiger partial charge in [-0.1, -0.05) is 12.1 Å². The summed E-state index contributed by atoms with van der Waals surface area (Å²) in [5.74, 6) is 1.81. The Bertz CT molecular complexity index is 421. The molecule has 2 N–H and O–H groups in total. The molecule has 5 heteroatoms. The number of benzene rings is 1. The van der Waals surface area contributed by atoms with Gasteiger partial charge in [0.1, 0.15) is 5.75 Å². The van der Waals surface area contributed by atoms with Gasteiger partial charge in [-0.25, -0.2) is 0 Å². The van der Waals surface area contributed by atoms with Crippen molar-refractivity contribution in [3.8, 4) is 5.75 Å². The normalized spacial score (nSPS) is 14.0. The van der Waals surface area contributed by atoms with Gasteiger partial charge in [-0.05, 0) is 25.0 Å². The molecular weight excluding hydrogens is 341 g/mol. The Hall–Kier alpha value is -0.980. The average molecular weight is 361 g/mol. The highest BCUT2D eigenvalue weighted by Crippen LogP contribution is 2.19. The number of guanidine groups is 1. The molecule has 18 heavy (non-hydrogen) atoms. The Kier molecular flexibility index (Phi) is 6.24. The minimum Gasteiger partial charge on any atom is -0.496 e. The third-order valence-electron chi connectivity index (χ3n) is 2.79. The van der Waals surface area contributed by atoms with E-state index in [0.29, 0.717) is 0 Å². The van der Waals surface area contributed by atoms with E-state index in [0.717, 1.165) is 43.3 Å². The fourth-order valence-corrected chi connectivity index (χ4v) is 1.83. The predicted molar refractivity (Wildman–Crippen MR) is 84.9 cm³/mol. The third kappa shape index (κ3) is 4.04. The van der Waals surface area contributed by atoms with Crippen molar-refractivity contribution in [2.75, 3.05) is 20.2 Å². The van der Waals surface area contributed by atoms with Crippen molar-refractivity contribution in [1.29, 1.82) is 0 Å². The Morgan fingerprint density at radius 2 is 2.28 bits per heavy atom. The molecule has 0 bridgehead atoms. The zero-order chi connectivity index (χ0) is 12.1. The van der Waals surface area contributed by atoms with Gasteiger partial charge in [0.15, 0.2) is 5.96 Å². The number of rotatable bonds is 3. The van der Waals surface area contributed by atoms with Crippen molar-refractivity contribution < 1.29 is 4.74 Å². The quantitative estimate of drug-likeness (QED) is 0.811. The van der Waals surface area contributed by atoms with Crippen LogP contribution in [0.3, 0.4) is 0 Å². The van der Waals surface area contributed by atoms with E-state index in [1.807, 2.05) is 6.07 Å². The van der Waals surface area contributed by atoms with Crippen molar-refractivity contribution >= 4 is 29.9 Å². The number of aryl methyl sites for hydroxylation is 1. The maximum atomic E-state index is 5.37. The van der Waals surface area contributed by atoms with Gasteiger partial charge in [0.05, 0.1) is 7.11 Å². The molecule has 0 unspecified atom stereocenters. The summed E-state index contributed by atoms with van der Waals surface area (Å²) in [6, 6.07) is 6.23. The second kappa shape index (κ2) is 7.45. The molecule has 0 saturated carbocycles. The summed E-state index contributed by atoms with van der Waals surface area (Å²) < 4.78 is 5.37. The van der Waals surface area contributed by atoms with Crippen LogP contribution in [-0.4, -0.2) is 26.2 Å². The van der Waals surface area contributed by atoms with Crippen LogP contribution in [0.15, 0.2) is 23.2 Å². The fourth-order valence-electron chi connectivity index (χ4n) is 1.83. The molecule has 2 rings (SSSR count). The number of nitrogens with zero attached hydrogens (tertiary/aromatic N) is 1. The van der Waals surface area contributed by atoms with Gasteiger partial charge in [-0.15, -0.1) is 24.0 Å². The number of hydrogen-bond acceptors (Lipinski definition) is 4. The highest BCUT2D eigenvalue weighted by Gasteiger charge is 2.06. The number of aliphatic imine (C=N–C) groups is 1. The van der Waals surface area contributed by atoms with Crippen molar-refractivity contribution in [2.24, 2.45) is 4.99 Å². The molecule has 0 atom stereocenters. The van der Waals surface area contributed by atoms with E-state index < -0.39 is 0 Å². The van der Waals surface area contributed by atoms with Crippen LogP contribution < -0.4 is 15.4 Å². The van der Waals surface area contributed by atoms with Crippen molar-refractivity contribution in [1.82, 2.24) is 10.6 Å². The van der Waals surface area contributed by atoms with Gasteiger partial charge in [0.2, 0.25) is 0 Å². The molecule has 0 radical (unpaired) electrons. The third-order valence-corrected chi connectivity index (χ3v) is 2.79. The zero-order valence-corrected chi connectivity index (χ0v) is 13.2. The molecule has 0 fully saturated rings. The molecule has 0 aliphatic carbocycles. The smallest absolute Gasteiger partial charge is 0.191 e. The summed E-state index contributed by atoms with van der Waals surface area (Å²) in [6.45, 7) is 4.69. The summed E-state index contributed by atoms with van der Waals surface area (Å²) in [5.41, 5.74) is 2.35. The van der Waals surface area contributed by atoms with Crippen LogP contribution in [0.2, 0.25) is 0 Å². The van der Waals surface area contributed by atoms with Gasteiger partial charge in [-0.2, -0.15) is 0 Å². The number of nitrogens with one attached hydrogen (secondary N) is 2. The molecule has 4 nitrogen and oxygen atoms in total. The minimum absolute atomic E-state index is 0. The molecule has 0 aromatic heterocycles. The highest BCUT2D eigenvalue weighted by atomic mass is 127. The minimum atomic E-state index is 0. The molecule has 1 aliphatic rings. The molecule has 0 spiro atoms. The van der Waals surface area contributed by atoms with Crippen LogP contribution in [-0.2, 0) is 6.54 Å². The first-order chi connectivity index (χ1) is 8.29. The van der Waals surface area contributed by atoms with Crippen molar-refractivity contribution in [3.63, 3.8) is 0 Å². The summed E-state index contributed by atoms with van der Waals surface area (Å²) in [5, 5.41) is 6.53. The van der Waals surface area contributed by atoms with Crippen LogP contribution in [0.5, 0.6) is 5.75 Å². The van der Waals surface area contributed by atoms with Gasteiger partial charge in [0.25, 0.3) is 0 Å². The molecule has 0 saturated heterocycles. The molecule has 1 heterocycles. The summed E-state index contributed by atoms with van der Waals surface area (Å²) >= 11 is 0. The standard InChI is InChI=1S/C13H19N3O.HI/c1-10-4-5-11(12(8-10)17-2)9-16-13-14-6-3-7-15-13;/h4-5,8H,3,6-7,9H2,1-2H3,(H2,14,15,16);1H. The van der Waals surface area contributed by atoms with E-state index in [4.69, 9.17) is 4.74 Å². The van der Waals surface area contributed by atoms with Crippen LogP contribution >= 0.6 is 24.0 Å². The van der Waals surface area contributed by atoms with E-state index in [2.05, 4.69) is 34.7 Å². The lowest BCUT2D eigenvalue weighted by atomic mass is 10.1. The molecule has 100 valence electrons. The SMILES string of the molecule is COc1cc(C)ccc1CNC1=NCCCN1.I. The Morgan fingerprint density at radius 3 is 2.94 bits per heavy atom. The maximum absolute atomic E-state index is 5.37. The summed E-state index contributed by atoms with van der Waals surface area (Å²) in [4.78, 5) is 4.37. The number of halogens is 1. The second-order valence-electron chi connectivity index (χ2n) is 4.18.